The number of hydrogen-bond acceptors (Lipinski definition) is 7. The summed E-state index contributed by atoms with van der Waals surface area (Å²) in [6.45, 7) is 0. The second-order valence-electron chi connectivity index (χ2n) is 3.74. The predicted molar refractivity (Wildman–Crippen MR) is 76.9 cm³/mol. The molecule has 0 radical (unpaired) electrons. The fourth-order valence-corrected chi connectivity index (χ4v) is 1.81. The van der Waals surface area contributed by atoms with Crippen LogP contribution in [-0.4, -0.2) is 33.7 Å². The third kappa shape index (κ3) is 3.43. The smallest absolute Gasteiger partial charge is 0.337 e. The molecule has 0 atom stereocenters. The molecule has 2 N–H and O–H groups in total. The van der Waals surface area contributed by atoms with Gasteiger partial charge in [0.25, 0.3) is 0 Å². The van der Waals surface area contributed by atoms with E-state index in [-0.39, 0.29) is 11.4 Å². The van der Waals surface area contributed by atoms with E-state index >= 15 is 0 Å². The molecule has 0 aliphatic heterocycles. The van der Waals surface area contributed by atoms with Gasteiger partial charge < -0.3 is 10.1 Å². The monoisotopic (exact) mass is 348 g/mol. The van der Waals surface area contributed by atoms with Crippen molar-refractivity contribution in [2.24, 2.45) is 0 Å². The number of nitrogens with one attached hydrogen (secondary N) is 2. The molecule has 2 rings (SSSR count). The van der Waals surface area contributed by atoms with Gasteiger partial charge in [0.1, 0.15) is 11.6 Å². The Morgan fingerprint density at radius 2 is 2.38 bits per heavy atom. The number of rotatable bonds is 4. The topological polar surface area (TPSA) is 117 Å². The van der Waals surface area contributed by atoms with Gasteiger partial charge in [0.2, 0.25) is 5.82 Å². The number of aromatic nitrogens is 4. The molecule has 0 saturated heterocycles. The van der Waals surface area contributed by atoms with Crippen LogP contribution in [0.5, 0.6) is 0 Å². The van der Waals surface area contributed by atoms with E-state index < -0.39 is 5.97 Å². The molecule has 1 aromatic heterocycles. The first-order chi connectivity index (χ1) is 10.2. The predicted octanol–water partition coefficient (Wildman–Crippen LogP) is 1.73. The van der Waals surface area contributed by atoms with Gasteiger partial charge in [-0.1, -0.05) is 0 Å². The summed E-state index contributed by atoms with van der Waals surface area (Å²) in [7, 11) is 1.31. The number of tetrazole rings is 1. The number of nitriles is 1. The van der Waals surface area contributed by atoms with Crippen LogP contribution in [0.15, 0.2) is 28.9 Å². The molecule has 0 unspecified atom stereocenters. The van der Waals surface area contributed by atoms with E-state index in [1.807, 2.05) is 6.07 Å². The maximum absolute atomic E-state index is 11.5. The van der Waals surface area contributed by atoms with Crippen molar-refractivity contribution in [1.82, 2.24) is 20.6 Å². The van der Waals surface area contributed by atoms with E-state index in [1.54, 1.807) is 18.2 Å². The maximum atomic E-state index is 11.5. The first-order valence-electron chi connectivity index (χ1n) is 5.64. The van der Waals surface area contributed by atoms with Crippen LogP contribution >= 0.6 is 15.9 Å². The van der Waals surface area contributed by atoms with Gasteiger partial charge in [0.05, 0.1) is 18.4 Å². The highest BCUT2D eigenvalue weighted by molar-refractivity contribution is 9.10. The summed E-state index contributed by atoms with van der Waals surface area (Å²) in [6, 6.07) is 6.86. The molecule has 0 amide bonds. The number of hydrogen-bond donors (Lipinski definition) is 2. The minimum atomic E-state index is -0.451. The number of ether oxygens (including phenoxy) is 1. The van der Waals surface area contributed by atoms with Gasteiger partial charge in [-0.2, -0.15) is 10.5 Å². The number of carbonyl (C=O) groups excluding carboxylic acids is 1. The summed E-state index contributed by atoms with van der Waals surface area (Å²) in [6.07, 6.45) is 1.42. The Morgan fingerprint density at radius 3 is 3.00 bits per heavy atom. The standard InChI is InChI=1S/C12H9BrN6O2/c1-21-12(20)7-2-3-9(13)10(4-7)15-6-8(5-14)11-16-18-19-17-11/h2-4,6,15H,1H3,(H,16,17,18,19). The second kappa shape index (κ2) is 6.62. The number of nitrogens with zero attached hydrogens (tertiary/aromatic N) is 4. The normalized spacial score (nSPS) is 10.8. The molecule has 1 heterocycles. The first-order valence-corrected chi connectivity index (χ1v) is 6.43. The summed E-state index contributed by atoms with van der Waals surface area (Å²) in [4.78, 5) is 11.5. The van der Waals surface area contributed by atoms with Crippen molar-refractivity contribution in [1.29, 1.82) is 5.26 Å². The zero-order valence-corrected chi connectivity index (χ0v) is 12.4. The van der Waals surface area contributed by atoms with Gasteiger partial charge in [-0.3, -0.25) is 0 Å². The highest BCUT2D eigenvalue weighted by Gasteiger charge is 2.09. The number of halogens is 1. The Morgan fingerprint density at radius 1 is 1.57 bits per heavy atom. The van der Waals surface area contributed by atoms with Crippen LogP contribution in [0, 0.1) is 11.3 Å². The van der Waals surface area contributed by atoms with Crippen molar-refractivity contribution in [3.8, 4) is 6.07 Å². The van der Waals surface area contributed by atoms with Crippen LogP contribution in [0.2, 0.25) is 0 Å². The largest absolute Gasteiger partial charge is 0.465 e. The molecular formula is C12H9BrN6O2. The lowest BCUT2D eigenvalue weighted by Crippen LogP contribution is -2.02. The van der Waals surface area contributed by atoms with Gasteiger partial charge >= 0.3 is 5.97 Å². The molecule has 0 saturated carbocycles. The molecule has 1 aromatic carbocycles. The highest BCUT2D eigenvalue weighted by Crippen LogP contribution is 2.24. The minimum absolute atomic E-state index is 0.172. The fourth-order valence-electron chi connectivity index (χ4n) is 1.45. The number of aromatic amines is 1. The molecular weight excluding hydrogens is 340 g/mol. The Hall–Kier alpha value is -2.73. The van der Waals surface area contributed by atoms with Gasteiger partial charge in [-0.05, 0) is 39.3 Å². The Labute approximate surface area is 127 Å². The average Bonchev–Trinajstić information content (AvgIpc) is 3.03. The van der Waals surface area contributed by atoms with Gasteiger partial charge in [0, 0.05) is 10.7 Å². The van der Waals surface area contributed by atoms with Gasteiger partial charge in [0.15, 0.2) is 0 Å². The van der Waals surface area contributed by atoms with Gasteiger partial charge in [-0.15, -0.1) is 10.2 Å². The van der Waals surface area contributed by atoms with Crippen LogP contribution in [0.4, 0.5) is 5.69 Å². The van der Waals surface area contributed by atoms with Crippen molar-refractivity contribution in [3.63, 3.8) is 0 Å². The SMILES string of the molecule is COC(=O)c1ccc(Br)c(NC=C(C#N)c2nn[nH]n2)c1. The lowest BCUT2D eigenvalue weighted by atomic mass is 10.2. The average molecular weight is 349 g/mol. The highest BCUT2D eigenvalue weighted by atomic mass is 79.9. The zero-order chi connectivity index (χ0) is 15.2. The van der Waals surface area contributed by atoms with Crippen LogP contribution in [0.25, 0.3) is 5.57 Å². The van der Waals surface area contributed by atoms with E-state index in [0.717, 1.165) is 4.47 Å². The van der Waals surface area contributed by atoms with Crippen molar-refractivity contribution in [2.45, 2.75) is 0 Å². The zero-order valence-electron chi connectivity index (χ0n) is 10.8. The van der Waals surface area contributed by atoms with Crippen molar-refractivity contribution in [3.05, 3.63) is 40.3 Å². The van der Waals surface area contributed by atoms with Crippen molar-refractivity contribution < 1.29 is 9.53 Å². The fraction of sp³-hybridized carbons (Fsp3) is 0.0833. The molecule has 8 nitrogen and oxygen atoms in total. The lowest BCUT2D eigenvalue weighted by Gasteiger charge is -2.07. The summed E-state index contributed by atoms with van der Waals surface area (Å²) < 4.78 is 5.37. The number of benzene rings is 1. The summed E-state index contributed by atoms with van der Waals surface area (Å²) in [5, 5.41) is 25.1. The molecule has 0 aliphatic rings. The molecule has 106 valence electrons. The number of methoxy groups -OCH3 is 1. The molecule has 2 aromatic rings. The number of allylic oxidation sites excluding steroid dienone is 1. The summed E-state index contributed by atoms with van der Waals surface area (Å²) in [5.41, 5.74) is 1.17. The van der Waals surface area contributed by atoms with E-state index in [4.69, 9.17) is 5.26 Å². The molecule has 21 heavy (non-hydrogen) atoms. The Balaban J connectivity index is 2.27. The quantitative estimate of drug-likeness (QED) is 0.638. The third-order valence-corrected chi connectivity index (χ3v) is 3.16. The van der Waals surface area contributed by atoms with Crippen molar-refractivity contribution >= 4 is 33.2 Å². The molecule has 0 fully saturated rings. The summed E-state index contributed by atoms with van der Waals surface area (Å²) in [5.74, 6) is -0.279. The van der Waals surface area contributed by atoms with Crippen LogP contribution in [0.1, 0.15) is 16.2 Å². The van der Waals surface area contributed by atoms with Gasteiger partial charge in [-0.25, -0.2) is 4.79 Å². The van der Waals surface area contributed by atoms with E-state index in [9.17, 15) is 4.79 Å². The number of H-pyrrole nitrogens is 1. The molecule has 0 aliphatic carbocycles. The van der Waals surface area contributed by atoms with Crippen LogP contribution in [0.3, 0.4) is 0 Å². The van der Waals surface area contributed by atoms with Crippen molar-refractivity contribution in [2.75, 3.05) is 12.4 Å². The number of anilines is 1. The Bertz CT molecular complexity index is 720. The number of esters is 1. The maximum Gasteiger partial charge on any atom is 0.337 e. The van der Waals surface area contributed by atoms with Crippen LogP contribution in [-0.2, 0) is 4.74 Å². The Kier molecular flexibility index (Phi) is 4.63. The second-order valence-corrected chi connectivity index (χ2v) is 4.59. The number of carbonyl (C=O) groups is 1. The molecule has 0 spiro atoms. The molecule has 0 bridgehead atoms. The third-order valence-electron chi connectivity index (χ3n) is 2.47. The van der Waals surface area contributed by atoms with E-state index in [0.29, 0.717) is 11.3 Å². The first kappa shape index (κ1) is 14.7. The van der Waals surface area contributed by atoms with Crippen LogP contribution < -0.4 is 5.32 Å². The van der Waals surface area contributed by atoms with E-state index in [1.165, 1.54) is 13.3 Å². The summed E-state index contributed by atoms with van der Waals surface area (Å²) >= 11 is 3.35. The molecule has 9 heteroatoms. The van der Waals surface area contributed by atoms with E-state index in [2.05, 4.69) is 46.6 Å². The lowest BCUT2D eigenvalue weighted by molar-refractivity contribution is 0.0601. The minimum Gasteiger partial charge on any atom is -0.465 e.